The molecule has 3 nitrogen and oxygen atoms in total. The van der Waals surface area contributed by atoms with E-state index in [1.54, 1.807) is 0 Å². The Morgan fingerprint density at radius 2 is 0.771 bits per heavy atom. The number of aliphatic imine (C=N–C) groups is 1. The third-order valence-electron chi connectivity index (χ3n) is 4.02. The SMILES string of the molecule is CN=C(N(C)C)[N+](C)(C)C.FC(F)(F)C(F)(F)[P-](F)(F)(F)(C(F)(F)C(F)(F)F)C(F)(F)C(F)(F)F. The van der Waals surface area contributed by atoms with Crippen LogP contribution in [0, 0.1) is 0 Å². The van der Waals surface area contributed by atoms with Crippen molar-refractivity contribution < 1.29 is 82.9 Å². The van der Waals surface area contributed by atoms with Gasteiger partial charge in [0.1, 0.15) is 0 Å². The summed E-state index contributed by atoms with van der Waals surface area (Å²) in [6.45, 7) is -15.0. The molecule has 0 aliphatic rings. The molecule has 0 aliphatic carbocycles. The van der Waals surface area contributed by atoms with Crippen molar-refractivity contribution in [3.05, 3.63) is 0 Å². The summed E-state index contributed by atoms with van der Waals surface area (Å²) in [6.07, 6.45) is -26.1. The van der Waals surface area contributed by atoms with Crippen molar-refractivity contribution >= 4 is 12.8 Å². The molecule has 0 N–H and O–H groups in total. The predicted octanol–water partition coefficient (Wildman–Crippen LogP) is 7.43. The fraction of sp³-hybridized carbons (Fsp3) is 0.923. The molecular weight excluding hydrogens is 571 g/mol. The van der Waals surface area contributed by atoms with E-state index in [2.05, 4.69) is 26.1 Å². The zero-order chi connectivity index (χ0) is 29.8. The van der Waals surface area contributed by atoms with Crippen LogP contribution in [0.3, 0.4) is 0 Å². The van der Waals surface area contributed by atoms with Crippen LogP contribution in [0.1, 0.15) is 0 Å². The first-order valence-corrected chi connectivity index (χ1v) is 10.5. The molecular formula is C13H18F18N3P. The summed E-state index contributed by atoms with van der Waals surface area (Å²) in [4.78, 5) is 6.20. The molecule has 0 heterocycles. The molecule has 0 aromatic heterocycles. The van der Waals surface area contributed by atoms with Crippen molar-refractivity contribution in [1.29, 1.82) is 0 Å². The van der Waals surface area contributed by atoms with Crippen molar-refractivity contribution in [3.63, 3.8) is 0 Å². The Morgan fingerprint density at radius 1 is 0.571 bits per heavy atom. The van der Waals surface area contributed by atoms with Gasteiger partial charge in [-0.25, -0.2) is 4.99 Å². The van der Waals surface area contributed by atoms with Crippen molar-refractivity contribution in [3.8, 4) is 0 Å². The third-order valence-corrected chi connectivity index (χ3v) is 8.38. The van der Waals surface area contributed by atoms with Gasteiger partial charge in [0.15, 0.2) is 0 Å². The summed E-state index contributed by atoms with van der Waals surface area (Å²) in [7, 11) is 12.1. The van der Waals surface area contributed by atoms with Gasteiger partial charge in [-0.1, -0.05) is 0 Å². The third kappa shape index (κ3) is 4.47. The van der Waals surface area contributed by atoms with Gasteiger partial charge in [0.05, 0.1) is 21.1 Å². The minimum atomic E-state index is -15.0. The van der Waals surface area contributed by atoms with Crippen molar-refractivity contribution in [2.75, 3.05) is 42.3 Å². The van der Waals surface area contributed by atoms with Gasteiger partial charge >= 0.3 is 121 Å². The summed E-state index contributed by atoms with van der Waals surface area (Å²) in [6, 6.07) is 0. The van der Waals surface area contributed by atoms with E-state index >= 15 is 0 Å². The molecule has 0 radical (unpaired) electrons. The Morgan fingerprint density at radius 3 is 0.829 bits per heavy atom. The molecule has 0 saturated heterocycles. The summed E-state index contributed by atoms with van der Waals surface area (Å²) in [5, 5.41) is 0. The molecule has 0 fully saturated rings. The molecule has 216 valence electrons. The van der Waals surface area contributed by atoms with Crippen molar-refractivity contribution in [2.45, 2.75) is 35.5 Å². The van der Waals surface area contributed by atoms with Crippen molar-refractivity contribution in [1.82, 2.24) is 4.90 Å². The van der Waals surface area contributed by atoms with Gasteiger partial charge in [0, 0.05) is 21.1 Å². The molecule has 0 bridgehead atoms. The van der Waals surface area contributed by atoms with Crippen molar-refractivity contribution in [2.24, 2.45) is 4.99 Å². The van der Waals surface area contributed by atoms with Crippen LogP contribution in [0.2, 0.25) is 0 Å². The molecule has 0 spiro atoms. The molecule has 0 aromatic carbocycles. The van der Waals surface area contributed by atoms with Gasteiger partial charge in [-0.3, -0.25) is 4.48 Å². The van der Waals surface area contributed by atoms with Gasteiger partial charge in [-0.15, -0.1) is 0 Å². The van der Waals surface area contributed by atoms with E-state index in [0.29, 0.717) is 0 Å². The number of rotatable bonds is 3. The van der Waals surface area contributed by atoms with E-state index < -0.39 is 42.4 Å². The van der Waals surface area contributed by atoms with Gasteiger partial charge in [0.2, 0.25) is 0 Å². The zero-order valence-electron chi connectivity index (χ0n) is 18.1. The molecule has 35 heavy (non-hydrogen) atoms. The molecule has 0 saturated carbocycles. The number of alkyl halides is 15. The fourth-order valence-corrected chi connectivity index (χ4v) is 5.12. The Labute approximate surface area is 184 Å². The van der Waals surface area contributed by atoms with E-state index in [1.165, 1.54) is 0 Å². The van der Waals surface area contributed by atoms with Crippen LogP contribution in [0.25, 0.3) is 0 Å². The first-order valence-electron chi connectivity index (χ1n) is 8.12. The van der Waals surface area contributed by atoms with Crippen LogP contribution in [-0.4, -0.2) is 93.1 Å². The average Bonchev–Trinajstić information content (AvgIpc) is 2.50. The van der Waals surface area contributed by atoms with Crippen LogP contribution >= 0.6 is 6.88 Å². The fourth-order valence-electron chi connectivity index (χ4n) is 2.44. The summed E-state index contributed by atoms with van der Waals surface area (Å²) in [5.74, 6) is 1.07. The quantitative estimate of drug-likeness (QED) is 0.110. The Kier molecular flexibility index (Phi) is 8.49. The Hall–Kier alpha value is -1.40. The topological polar surface area (TPSA) is 15.6 Å². The molecule has 22 heteroatoms. The standard InChI is InChI=1S/C7H18N3.C6F18P/c1-8-7(9(2)3)10(4,5)6;7-1(8,9)4(16,17)25(22,23,24,5(18,19)2(10,11)12)6(20,21)3(13,14)15/h1-6H3;/q+1;-1. The van der Waals surface area contributed by atoms with E-state index in [4.69, 9.17) is 0 Å². The number of hydrogen-bond acceptors (Lipinski definition) is 1. The van der Waals surface area contributed by atoms with Crippen LogP contribution in [0.4, 0.5) is 78.4 Å². The monoisotopic (exact) mass is 589 g/mol. The van der Waals surface area contributed by atoms with Gasteiger partial charge in [-0.05, 0) is 0 Å². The average molecular weight is 589 g/mol. The Balaban J connectivity index is 0. The van der Waals surface area contributed by atoms with E-state index in [9.17, 15) is 78.4 Å². The maximum absolute atomic E-state index is 15.0. The zero-order valence-corrected chi connectivity index (χ0v) is 19.0. The Bertz CT molecular complexity index is 726. The first kappa shape index (κ1) is 35.8. The van der Waals surface area contributed by atoms with Crippen LogP contribution in [-0.2, 0) is 0 Å². The number of nitrogens with zero attached hydrogens (tertiary/aromatic N) is 3. The van der Waals surface area contributed by atoms with E-state index in [-0.39, 0.29) is 0 Å². The summed E-state index contributed by atoms with van der Waals surface area (Å²) < 4.78 is 223. The van der Waals surface area contributed by atoms with E-state index in [1.807, 2.05) is 26.0 Å². The number of hydrogen-bond donors (Lipinski definition) is 0. The minimum absolute atomic E-state index is 0.767. The maximum atomic E-state index is 13.4. The van der Waals surface area contributed by atoms with Gasteiger partial charge in [0.25, 0.3) is 5.96 Å². The summed E-state index contributed by atoms with van der Waals surface area (Å²) in [5.41, 5.74) is -29.3. The second-order valence-corrected chi connectivity index (χ2v) is 12.1. The molecule has 0 rings (SSSR count). The molecule has 0 aliphatic heterocycles. The normalized spacial score (nSPS) is 17.8. The first-order chi connectivity index (χ1) is 14.5. The number of halogens is 18. The number of guanidine groups is 1. The van der Waals surface area contributed by atoms with Gasteiger partial charge in [-0.2, -0.15) is 0 Å². The van der Waals surface area contributed by atoms with Crippen LogP contribution < -0.4 is 0 Å². The second kappa shape index (κ2) is 8.31. The van der Waals surface area contributed by atoms with E-state index in [0.717, 1.165) is 10.4 Å². The van der Waals surface area contributed by atoms with Crippen LogP contribution in [0.5, 0.6) is 0 Å². The van der Waals surface area contributed by atoms with Gasteiger partial charge < -0.3 is 4.90 Å². The van der Waals surface area contributed by atoms with Crippen LogP contribution in [0.15, 0.2) is 4.99 Å². The summed E-state index contributed by atoms with van der Waals surface area (Å²) >= 11 is 0. The number of quaternary nitrogens is 1. The molecule has 0 amide bonds. The predicted molar refractivity (Wildman–Crippen MR) is 88.3 cm³/mol. The molecule has 0 atom stereocenters. The molecule has 0 aromatic rings. The molecule has 0 unspecified atom stereocenters. The second-order valence-electron chi connectivity index (χ2n) is 7.84.